The summed E-state index contributed by atoms with van der Waals surface area (Å²) in [6.07, 6.45) is 0. The van der Waals surface area contributed by atoms with Crippen LogP contribution in [-0.2, 0) is 9.59 Å². The SMILES string of the molecule is Cc1ccccc1N(CC(=O)O)C(=O)CN1C(=O)c2ccccc2C1=O. The molecule has 1 aliphatic heterocycles. The van der Waals surface area contributed by atoms with Crippen molar-refractivity contribution in [2.75, 3.05) is 18.0 Å². The number of hydrogen-bond donors (Lipinski definition) is 1. The lowest BCUT2D eigenvalue weighted by Gasteiger charge is -2.24. The van der Waals surface area contributed by atoms with Crippen molar-refractivity contribution in [1.29, 1.82) is 0 Å². The lowest BCUT2D eigenvalue weighted by Crippen LogP contribution is -2.45. The largest absolute Gasteiger partial charge is 0.480 e. The van der Waals surface area contributed by atoms with E-state index in [0.29, 0.717) is 11.3 Å². The van der Waals surface area contributed by atoms with Gasteiger partial charge in [0.1, 0.15) is 13.1 Å². The molecule has 1 heterocycles. The molecule has 0 atom stereocenters. The van der Waals surface area contributed by atoms with E-state index < -0.39 is 36.8 Å². The normalized spacial score (nSPS) is 12.9. The van der Waals surface area contributed by atoms with E-state index in [2.05, 4.69) is 0 Å². The third-order valence-corrected chi connectivity index (χ3v) is 4.17. The van der Waals surface area contributed by atoms with Crippen LogP contribution in [0, 0.1) is 6.92 Å². The number of aliphatic carboxylic acids is 1. The van der Waals surface area contributed by atoms with E-state index in [-0.39, 0.29) is 11.1 Å². The van der Waals surface area contributed by atoms with E-state index in [0.717, 1.165) is 9.80 Å². The van der Waals surface area contributed by atoms with E-state index in [1.807, 2.05) is 0 Å². The van der Waals surface area contributed by atoms with E-state index in [1.165, 1.54) is 12.1 Å². The first-order chi connectivity index (χ1) is 12.4. The van der Waals surface area contributed by atoms with Gasteiger partial charge >= 0.3 is 5.97 Å². The molecular formula is C19H16N2O5. The molecule has 7 heteroatoms. The number of imide groups is 1. The lowest BCUT2D eigenvalue weighted by atomic mass is 10.1. The summed E-state index contributed by atoms with van der Waals surface area (Å²) in [4.78, 5) is 50.7. The van der Waals surface area contributed by atoms with Gasteiger partial charge in [-0.3, -0.25) is 29.0 Å². The van der Waals surface area contributed by atoms with Crippen LogP contribution in [0.15, 0.2) is 48.5 Å². The van der Waals surface area contributed by atoms with Crippen molar-refractivity contribution in [2.24, 2.45) is 0 Å². The van der Waals surface area contributed by atoms with E-state index in [9.17, 15) is 19.2 Å². The molecule has 0 spiro atoms. The van der Waals surface area contributed by atoms with Gasteiger partial charge in [0, 0.05) is 5.69 Å². The molecule has 0 aliphatic carbocycles. The van der Waals surface area contributed by atoms with Crippen molar-refractivity contribution in [3.63, 3.8) is 0 Å². The second-order valence-corrected chi connectivity index (χ2v) is 5.90. The summed E-state index contributed by atoms with van der Waals surface area (Å²) in [7, 11) is 0. The fraction of sp³-hybridized carbons (Fsp3) is 0.158. The molecule has 3 amide bonds. The number of carboxylic acid groups (broad SMARTS) is 1. The minimum atomic E-state index is -1.19. The second-order valence-electron chi connectivity index (χ2n) is 5.90. The summed E-state index contributed by atoms with van der Waals surface area (Å²) >= 11 is 0. The molecule has 7 nitrogen and oxygen atoms in total. The predicted octanol–water partition coefficient (Wildman–Crippen LogP) is 1.71. The molecule has 1 aliphatic rings. The van der Waals surface area contributed by atoms with Crippen LogP contribution in [0.5, 0.6) is 0 Å². The van der Waals surface area contributed by atoms with Crippen molar-refractivity contribution in [3.05, 3.63) is 65.2 Å². The first kappa shape index (κ1) is 17.3. The Morgan fingerprint density at radius 1 is 0.962 bits per heavy atom. The fourth-order valence-corrected chi connectivity index (χ4v) is 2.91. The number of fused-ring (bicyclic) bond motifs is 1. The molecule has 1 N–H and O–H groups in total. The van der Waals surface area contributed by atoms with Crippen LogP contribution < -0.4 is 4.90 Å². The van der Waals surface area contributed by atoms with Gasteiger partial charge in [-0.1, -0.05) is 30.3 Å². The number of amides is 3. The number of benzene rings is 2. The van der Waals surface area contributed by atoms with E-state index in [1.54, 1.807) is 43.3 Å². The molecular weight excluding hydrogens is 336 g/mol. The summed E-state index contributed by atoms with van der Waals surface area (Å²) in [5, 5.41) is 9.15. The molecule has 2 aromatic rings. The van der Waals surface area contributed by atoms with Gasteiger partial charge in [-0.2, -0.15) is 0 Å². The van der Waals surface area contributed by atoms with Crippen LogP contribution in [0.1, 0.15) is 26.3 Å². The molecule has 0 radical (unpaired) electrons. The van der Waals surface area contributed by atoms with Crippen molar-refractivity contribution < 1.29 is 24.3 Å². The van der Waals surface area contributed by atoms with Crippen LogP contribution in [-0.4, -0.2) is 46.8 Å². The van der Waals surface area contributed by atoms with Gasteiger partial charge in [0.15, 0.2) is 0 Å². The van der Waals surface area contributed by atoms with Crippen LogP contribution in [0.4, 0.5) is 5.69 Å². The van der Waals surface area contributed by atoms with Crippen LogP contribution >= 0.6 is 0 Å². The summed E-state index contributed by atoms with van der Waals surface area (Å²) in [6, 6.07) is 13.2. The Bertz CT molecular complexity index is 887. The fourth-order valence-electron chi connectivity index (χ4n) is 2.91. The molecule has 2 aromatic carbocycles. The molecule has 0 unspecified atom stereocenters. The highest BCUT2D eigenvalue weighted by molar-refractivity contribution is 6.22. The minimum Gasteiger partial charge on any atom is -0.480 e. The zero-order valence-electron chi connectivity index (χ0n) is 14.0. The average Bonchev–Trinajstić information content (AvgIpc) is 2.85. The Morgan fingerprint density at radius 3 is 2.04 bits per heavy atom. The maximum absolute atomic E-state index is 12.7. The molecule has 3 rings (SSSR count). The third kappa shape index (κ3) is 3.06. The third-order valence-electron chi connectivity index (χ3n) is 4.17. The highest BCUT2D eigenvalue weighted by atomic mass is 16.4. The van der Waals surface area contributed by atoms with Gasteiger partial charge in [0.25, 0.3) is 11.8 Å². The molecule has 0 aromatic heterocycles. The number of hydrogen-bond acceptors (Lipinski definition) is 4. The molecule has 0 saturated carbocycles. The first-order valence-corrected chi connectivity index (χ1v) is 7.93. The summed E-state index contributed by atoms with van der Waals surface area (Å²) in [5.74, 6) is -2.95. The Balaban J connectivity index is 1.88. The van der Waals surface area contributed by atoms with Gasteiger partial charge in [0.05, 0.1) is 11.1 Å². The standard InChI is InChI=1S/C19H16N2O5/c1-12-6-2-5-9-15(12)20(11-17(23)24)16(22)10-21-18(25)13-7-3-4-8-14(13)19(21)26/h2-9H,10-11H2,1H3,(H,23,24). The zero-order chi connectivity index (χ0) is 18.8. The number of para-hydroxylation sites is 1. The molecule has 0 saturated heterocycles. The highest BCUT2D eigenvalue weighted by Crippen LogP contribution is 2.24. The highest BCUT2D eigenvalue weighted by Gasteiger charge is 2.37. The van der Waals surface area contributed by atoms with Crippen molar-refractivity contribution in [1.82, 2.24) is 4.90 Å². The van der Waals surface area contributed by atoms with Crippen LogP contribution in [0.2, 0.25) is 0 Å². The maximum Gasteiger partial charge on any atom is 0.323 e. The topological polar surface area (TPSA) is 95.0 Å². The van der Waals surface area contributed by atoms with Gasteiger partial charge in [-0.25, -0.2) is 0 Å². The Labute approximate surface area is 149 Å². The maximum atomic E-state index is 12.7. The summed E-state index contributed by atoms with van der Waals surface area (Å²) < 4.78 is 0. The Morgan fingerprint density at radius 2 is 1.50 bits per heavy atom. The Hall–Kier alpha value is -3.48. The van der Waals surface area contributed by atoms with Crippen molar-refractivity contribution >= 4 is 29.4 Å². The quantitative estimate of drug-likeness (QED) is 0.827. The average molecular weight is 352 g/mol. The number of carbonyl (C=O) groups excluding carboxylic acids is 3. The van der Waals surface area contributed by atoms with Gasteiger partial charge in [0.2, 0.25) is 5.91 Å². The monoisotopic (exact) mass is 352 g/mol. The summed E-state index contributed by atoms with van der Waals surface area (Å²) in [5.41, 5.74) is 1.62. The molecule has 0 fully saturated rings. The summed E-state index contributed by atoms with van der Waals surface area (Å²) in [6.45, 7) is 0.667. The number of carboxylic acids is 1. The van der Waals surface area contributed by atoms with Gasteiger partial charge in [-0.05, 0) is 30.7 Å². The molecule has 132 valence electrons. The first-order valence-electron chi connectivity index (χ1n) is 7.93. The van der Waals surface area contributed by atoms with Crippen molar-refractivity contribution in [3.8, 4) is 0 Å². The number of anilines is 1. The number of carbonyl (C=O) groups is 4. The second kappa shape index (κ2) is 6.79. The molecule has 0 bridgehead atoms. The van der Waals surface area contributed by atoms with Gasteiger partial charge in [-0.15, -0.1) is 0 Å². The number of aryl methyl sites for hydroxylation is 1. The number of rotatable bonds is 5. The van der Waals surface area contributed by atoms with Crippen LogP contribution in [0.25, 0.3) is 0 Å². The molecule has 26 heavy (non-hydrogen) atoms. The smallest absolute Gasteiger partial charge is 0.323 e. The zero-order valence-corrected chi connectivity index (χ0v) is 14.0. The van der Waals surface area contributed by atoms with Crippen molar-refractivity contribution in [2.45, 2.75) is 6.92 Å². The lowest BCUT2D eigenvalue weighted by molar-refractivity contribution is -0.136. The van der Waals surface area contributed by atoms with E-state index >= 15 is 0 Å². The van der Waals surface area contributed by atoms with E-state index in [4.69, 9.17) is 5.11 Å². The Kier molecular flexibility index (Phi) is 4.53. The van der Waals surface area contributed by atoms with Crippen LogP contribution in [0.3, 0.4) is 0 Å². The predicted molar refractivity (Wildman–Crippen MR) is 93.0 cm³/mol. The van der Waals surface area contributed by atoms with Gasteiger partial charge < -0.3 is 5.11 Å². The number of nitrogens with zero attached hydrogens (tertiary/aromatic N) is 2. The minimum absolute atomic E-state index is 0.242.